The second-order valence-electron chi connectivity index (χ2n) is 16.1. The summed E-state index contributed by atoms with van der Waals surface area (Å²) in [5.74, 6) is -1.03. The molecule has 0 aliphatic rings. The second-order valence-corrected chi connectivity index (χ2v) is 16.1. The minimum absolute atomic E-state index is 0.122. The number of rotatable bonds is 43. The highest BCUT2D eigenvalue weighted by Crippen LogP contribution is 2.12. The molecule has 354 valence electrons. The zero-order valence-electron chi connectivity index (χ0n) is 40.3. The van der Waals surface area contributed by atoms with E-state index in [9.17, 15) is 14.4 Å². The Balaban J connectivity index is 4.57. The molecular formula is C57H90O6. The van der Waals surface area contributed by atoms with E-state index in [-0.39, 0.29) is 37.5 Å². The lowest BCUT2D eigenvalue weighted by atomic mass is 10.1. The summed E-state index contributed by atoms with van der Waals surface area (Å²) in [6, 6.07) is 0. The minimum Gasteiger partial charge on any atom is -0.462 e. The van der Waals surface area contributed by atoms with Crippen LogP contribution >= 0.6 is 0 Å². The largest absolute Gasteiger partial charge is 0.462 e. The third-order valence-electron chi connectivity index (χ3n) is 10.1. The molecule has 0 aliphatic heterocycles. The van der Waals surface area contributed by atoms with Crippen molar-refractivity contribution in [2.75, 3.05) is 13.2 Å². The summed E-state index contributed by atoms with van der Waals surface area (Å²) in [7, 11) is 0. The molecular weight excluding hydrogens is 781 g/mol. The van der Waals surface area contributed by atoms with E-state index >= 15 is 0 Å². The molecule has 0 amide bonds. The van der Waals surface area contributed by atoms with Gasteiger partial charge in [0.05, 0.1) is 0 Å². The molecule has 0 N–H and O–H groups in total. The Bertz CT molecular complexity index is 1370. The number of hydrogen-bond donors (Lipinski definition) is 0. The van der Waals surface area contributed by atoms with Crippen molar-refractivity contribution in [3.05, 3.63) is 122 Å². The third kappa shape index (κ3) is 48.7. The summed E-state index contributed by atoms with van der Waals surface area (Å²) in [6.45, 7) is 6.27. The van der Waals surface area contributed by atoms with Crippen LogP contribution in [-0.4, -0.2) is 37.2 Å². The molecule has 0 aromatic carbocycles. The normalized spacial score (nSPS) is 13.1. The van der Waals surface area contributed by atoms with E-state index in [1.807, 2.05) is 36.5 Å². The van der Waals surface area contributed by atoms with Crippen LogP contribution in [0.5, 0.6) is 0 Å². The van der Waals surface area contributed by atoms with Crippen LogP contribution < -0.4 is 0 Å². The fraction of sp³-hybridized carbons (Fsp3) is 0.596. The smallest absolute Gasteiger partial charge is 0.306 e. The number of allylic oxidation sites excluding steroid dienone is 20. The van der Waals surface area contributed by atoms with Crippen LogP contribution in [0.2, 0.25) is 0 Å². The molecule has 0 aromatic heterocycles. The lowest BCUT2D eigenvalue weighted by molar-refractivity contribution is -0.167. The van der Waals surface area contributed by atoms with Gasteiger partial charge < -0.3 is 14.2 Å². The lowest BCUT2D eigenvalue weighted by Crippen LogP contribution is -2.30. The van der Waals surface area contributed by atoms with Crippen molar-refractivity contribution in [1.29, 1.82) is 0 Å². The van der Waals surface area contributed by atoms with E-state index in [2.05, 4.69) is 106 Å². The number of esters is 3. The number of ether oxygens (including phenoxy) is 3. The fourth-order valence-electron chi connectivity index (χ4n) is 6.31. The number of carbonyl (C=O) groups excluding carboxylic acids is 3. The van der Waals surface area contributed by atoms with Crippen molar-refractivity contribution < 1.29 is 28.6 Å². The average Bonchev–Trinajstić information content (AvgIpc) is 3.28. The maximum Gasteiger partial charge on any atom is 0.306 e. The molecule has 0 saturated heterocycles. The number of hydrogen-bond acceptors (Lipinski definition) is 6. The van der Waals surface area contributed by atoms with Gasteiger partial charge in [-0.15, -0.1) is 0 Å². The molecule has 6 heteroatoms. The first-order chi connectivity index (χ1) is 31.0. The standard InChI is InChI=1S/C57H90O6/c1-4-7-10-13-16-19-22-25-27-29-32-35-38-41-44-47-50-56(59)62-53-54(52-61-55(58)49-46-43-40-37-34-31-24-21-18-15-12-9-6-3)63-57(60)51-48-45-42-39-36-33-30-28-26-23-20-17-14-11-8-5-2/h7,9-10,12,15-16,18-19,21,24-25,27-28,30-36,54H,4-6,8,11,13-14,17,20,22-23,26,29,37-53H2,1-3H3/b10-7+,12-9+,18-15+,19-16+,24-21+,27-25+,30-28+,34-31+,35-32+,36-33+. The van der Waals surface area contributed by atoms with Gasteiger partial charge in [-0.3, -0.25) is 14.4 Å². The number of carbonyl (C=O) groups is 3. The molecule has 0 aliphatic carbocycles. The molecule has 6 nitrogen and oxygen atoms in total. The van der Waals surface area contributed by atoms with Gasteiger partial charge in [-0.1, -0.05) is 200 Å². The Morgan fingerprint density at radius 2 is 0.698 bits per heavy atom. The van der Waals surface area contributed by atoms with E-state index in [1.165, 1.54) is 44.9 Å². The third-order valence-corrected chi connectivity index (χ3v) is 10.1. The number of unbranched alkanes of at least 4 members (excludes halogenated alkanes) is 16. The Labute approximate surface area is 386 Å². The van der Waals surface area contributed by atoms with Gasteiger partial charge in [-0.2, -0.15) is 0 Å². The summed E-state index contributed by atoms with van der Waals surface area (Å²) in [6.07, 6.45) is 69.0. The minimum atomic E-state index is -0.824. The van der Waals surface area contributed by atoms with Crippen molar-refractivity contribution in [2.45, 2.75) is 207 Å². The van der Waals surface area contributed by atoms with Crippen molar-refractivity contribution in [3.8, 4) is 0 Å². The van der Waals surface area contributed by atoms with Crippen molar-refractivity contribution in [3.63, 3.8) is 0 Å². The molecule has 0 bridgehead atoms. The first-order valence-electron chi connectivity index (χ1n) is 25.1. The molecule has 0 fully saturated rings. The van der Waals surface area contributed by atoms with Gasteiger partial charge in [-0.25, -0.2) is 0 Å². The van der Waals surface area contributed by atoms with Crippen LogP contribution in [0.25, 0.3) is 0 Å². The SMILES string of the molecule is CC/C=C/C=C/C=C/C=C/CCCCCC(=O)OCC(COC(=O)CCCCC/C=C/C/C=C/C/C=C/C/C=C/CC)OC(=O)CCCCC/C=C/C=C/CCCCCCCCC. The molecule has 0 rings (SSSR count). The lowest BCUT2D eigenvalue weighted by Gasteiger charge is -2.18. The molecule has 0 saturated carbocycles. The topological polar surface area (TPSA) is 78.9 Å². The van der Waals surface area contributed by atoms with Crippen molar-refractivity contribution in [1.82, 2.24) is 0 Å². The molecule has 63 heavy (non-hydrogen) atoms. The maximum absolute atomic E-state index is 12.8. The van der Waals surface area contributed by atoms with Gasteiger partial charge >= 0.3 is 17.9 Å². The Morgan fingerprint density at radius 1 is 0.349 bits per heavy atom. The second kappa shape index (κ2) is 50.5. The highest BCUT2D eigenvalue weighted by Gasteiger charge is 2.19. The van der Waals surface area contributed by atoms with E-state index in [0.717, 1.165) is 109 Å². The summed E-state index contributed by atoms with van der Waals surface area (Å²) >= 11 is 0. The van der Waals surface area contributed by atoms with Crippen LogP contribution in [0.1, 0.15) is 201 Å². The van der Waals surface area contributed by atoms with Gasteiger partial charge in [0.2, 0.25) is 0 Å². The Hall–Kier alpha value is -4.19. The van der Waals surface area contributed by atoms with Crippen LogP contribution in [-0.2, 0) is 28.6 Å². The summed E-state index contributed by atoms with van der Waals surface area (Å²) < 4.78 is 16.7. The summed E-state index contributed by atoms with van der Waals surface area (Å²) in [5.41, 5.74) is 0. The first kappa shape index (κ1) is 58.8. The van der Waals surface area contributed by atoms with Gasteiger partial charge in [0.15, 0.2) is 6.10 Å². The molecule has 0 aromatic rings. The predicted octanol–water partition coefficient (Wildman–Crippen LogP) is 16.5. The summed E-state index contributed by atoms with van der Waals surface area (Å²) in [5, 5.41) is 0. The highest BCUT2D eigenvalue weighted by molar-refractivity contribution is 5.71. The average molecular weight is 871 g/mol. The van der Waals surface area contributed by atoms with Gasteiger partial charge in [-0.05, 0) is 103 Å². The summed E-state index contributed by atoms with van der Waals surface area (Å²) in [4.78, 5) is 37.9. The van der Waals surface area contributed by atoms with E-state index in [1.54, 1.807) is 0 Å². The van der Waals surface area contributed by atoms with Crippen molar-refractivity contribution >= 4 is 17.9 Å². The van der Waals surface area contributed by atoms with E-state index in [0.29, 0.717) is 19.3 Å². The Kier molecular flexibility index (Phi) is 47.1. The molecule has 0 spiro atoms. The highest BCUT2D eigenvalue weighted by atomic mass is 16.6. The fourth-order valence-corrected chi connectivity index (χ4v) is 6.31. The Morgan fingerprint density at radius 3 is 1.17 bits per heavy atom. The van der Waals surface area contributed by atoms with E-state index in [4.69, 9.17) is 14.2 Å². The zero-order valence-corrected chi connectivity index (χ0v) is 40.3. The monoisotopic (exact) mass is 871 g/mol. The molecule has 0 heterocycles. The molecule has 1 unspecified atom stereocenters. The predicted molar refractivity (Wildman–Crippen MR) is 269 cm³/mol. The van der Waals surface area contributed by atoms with Crippen molar-refractivity contribution in [2.24, 2.45) is 0 Å². The van der Waals surface area contributed by atoms with Gasteiger partial charge in [0.25, 0.3) is 0 Å². The van der Waals surface area contributed by atoms with E-state index < -0.39 is 6.10 Å². The van der Waals surface area contributed by atoms with Crippen LogP contribution in [0.15, 0.2) is 122 Å². The van der Waals surface area contributed by atoms with Crippen LogP contribution in [0.4, 0.5) is 0 Å². The zero-order chi connectivity index (χ0) is 45.8. The first-order valence-corrected chi connectivity index (χ1v) is 25.1. The quantitative estimate of drug-likeness (QED) is 0.0200. The molecule has 0 radical (unpaired) electrons. The van der Waals surface area contributed by atoms with Crippen LogP contribution in [0.3, 0.4) is 0 Å². The van der Waals surface area contributed by atoms with Gasteiger partial charge in [0, 0.05) is 19.3 Å². The van der Waals surface area contributed by atoms with Crippen LogP contribution in [0, 0.1) is 0 Å². The maximum atomic E-state index is 12.8. The molecule has 1 atom stereocenters. The van der Waals surface area contributed by atoms with Gasteiger partial charge in [0.1, 0.15) is 13.2 Å².